The molecule has 0 heterocycles. The van der Waals surface area contributed by atoms with Crippen LogP contribution in [-0.4, -0.2) is 41.7 Å². The number of nitrogens with one attached hydrogen (secondary N) is 1. The molecule has 0 aliphatic rings. The van der Waals surface area contributed by atoms with Crippen molar-refractivity contribution < 1.29 is 14.3 Å². The van der Waals surface area contributed by atoms with Crippen LogP contribution in [0.1, 0.15) is 13.8 Å². The molecule has 1 aromatic carbocycles. The topological polar surface area (TPSA) is 78.6 Å². The van der Waals surface area contributed by atoms with E-state index in [1.165, 1.54) is 18.2 Å². The molecule has 0 aliphatic carbocycles. The molecule has 0 aromatic heterocycles. The normalized spacial score (nSPS) is 14.2. The summed E-state index contributed by atoms with van der Waals surface area (Å²) < 4.78 is 13.5. The molecule has 0 saturated heterocycles. The van der Waals surface area contributed by atoms with Crippen molar-refractivity contribution in [1.29, 1.82) is 0 Å². The van der Waals surface area contributed by atoms with Crippen LogP contribution in [0.5, 0.6) is 0 Å². The third kappa shape index (κ3) is 3.90. The van der Waals surface area contributed by atoms with Crippen LogP contribution in [0.3, 0.4) is 0 Å². The number of rotatable bonds is 5. The molecule has 19 heavy (non-hydrogen) atoms. The van der Waals surface area contributed by atoms with E-state index in [0.29, 0.717) is 5.69 Å². The predicted molar refractivity (Wildman–Crippen MR) is 73.2 cm³/mol. The van der Waals surface area contributed by atoms with E-state index in [-0.39, 0.29) is 24.2 Å². The van der Waals surface area contributed by atoms with Crippen LogP contribution < -0.4 is 11.1 Å². The maximum atomic E-state index is 13.5. The van der Waals surface area contributed by atoms with E-state index in [1.54, 1.807) is 25.8 Å². The van der Waals surface area contributed by atoms with E-state index >= 15 is 0 Å². The maximum absolute atomic E-state index is 13.5. The third-order valence-electron chi connectivity index (χ3n) is 3.20. The molecule has 4 N–H and O–H groups in total. The number of nitrogens with two attached hydrogens (primary N) is 1. The van der Waals surface area contributed by atoms with Crippen molar-refractivity contribution in [2.24, 2.45) is 0 Å². The molecule has 6 heteroatoms. The number of halogens is 1. The zero-order valence-electron chi connectivity index (χ0n) is 11.4. The smallest absolute Gasteiger partial charge is 0.241 e. The van der Waals surface area contributed by atoms with Crippen molar-refractivity contribution in [3.63, 3.8) is 0 Å². The predicted octanol–water partition coefficient (Wildman–Crippen LogP) is 1.05. The molecule has 0 spiro atoms. The fourth-order valence-corrected chi connectivity index (χ4v) is 1.57. The fraction of sp³-hybridized carbons (Fsp3) is 0.462. The highest BCUT2D eigenvalue weighted by molar-refractivity contribution is 5.95. The van der Waals surface area contributed by atoms with Gasteiger partial charge in [-0.25, -0.2) is 4.39 Å². The minimum Gasteiger partial charge on any atom is -0.399 e. The van der Waals surface area contributed by atoms with Gasteiger partial charge in [0.05, 0.1) is 18.3 Å². The van der Waals surface area contributed by atoms with Crippen LogP contribution in [0.4, 0.5) is 15.8 Å². The van der Waals surface area contributed by atoms with E-state index < -0.39 is 11.9 Å². The molecule has 5 nitrogen and oxygen atoms in total. The first-order chi connectivity index (χ1) is 8.86. The first-order valence-electron chi connectivity index (χ1n) is 6.05. The minimum atomic E-state index is -0.535. The number of likely N-dealkylation sites (N-methyl/N-ethyl adjacent to an activating group) is 1. The van der Waals surface area contributed by atoms with E-state index in [1.807, 2.05) is 0 Å². The molecule has 0 aliphatic heterocycles. The van der Waals surface area contributed by atoms with Crippen LogP contribution in [0, 0.1) is 5.82 Å². The van der Waals surface area contributed by atoms with Gasteiger partial charge in [0.2, 0.25) is 5.91 Å². The summed E-state index contributed by atoms with van der Waals surface area (Å²) in [7, 11) is 1.72. The summed E-state index contributed by atoms with van der Waals surface area (Å²) in [6.07, 6.45) is 0. The Bertz CT molecular complexity index is 454. The highest BCUT2D eigenvalue weighted by Gasteiger charge is 2.22. The average molecular weight is 269 g/mol. The van der Waals surface area contributed by atoms with Gasteiger partial charge in [-0.15, -0.1) is 0 Å². The number of aliphatic hydroxyl groups excluding tert-OH is 1. The molecule has 0 fully saturated rings. The van der Waals surface area contributed by atoms with Crippen molar-refractivity contribution in [3.8, 4) is 0 Å². The summed E-state index contributed by atoms with van der Waals surface area (Å²) in [6.45, 7) is 3.43. The summed E-state index contributed by atoms with van der Waals surface area (Å²) in [6, 6.07) is 3.34. The third-order valence-corrected chi connectivity index (χ3v) is 3.20. The van der Waals surface area contributed by atoms with Crippen molar-refractivity contribution in [3.05, 3.63) is 24.0 Å². The number of amides is 1. The highest BCUT2D eigenvalue weighted by Crippen LogP contribution is 2.18. The molecule has 2 unspecified atom stereocenters. The van der Waals surface area contributed by atoms with Crippen LogP contribution in [-0.2, 0) is 4.79 Å². The van der Waals surface area contributed by atoms with Crippen molar-refractivity contribution >= 4 is 17.3 Å². The molecular formula is C13H20FN3O2. The van der Waals surface area contributed by atoms with Gasteiger partial charge in [0, 0.05) is 11.7 Å². The molecular weight excluding hydrogens is 249 g/mol. The minimum absolute atomic E-state index is 0.0548. The second kappa shape index (κ2) is 6.49. The molecule has 0 bridgehead atoms. The van der Waals surface area contributed by atoms with Gasteiger partial charge >= 0.3 is 0 Å². The first-order valence-corrected chi connectivity index (χ1v) is 6.05. The number of carbonyl (C=O) groups excluding carboxylic acids is 1. The zero-order valence-corrected chi connectivity index (χ0v) is 11.4. The molecule has 2 atom stereocenters. The van der Waals surface area contributed by atoms with Gasteiger partial charge < -0.3 is 16.2 Å². The fourth-order valence-electron chi connectivity index (χ4n) is 1.57. The second-order valence-electron chi connectivity index (χ2n) is 4.60. The van der Waals surface area contributed by atoms with Gasteiger partial charge in [-0.3, -0.25) is 9.69 Å². The number of aliphatic hydroxyl groups is 1. The van der Waals surface area contributed by atoms with Gasteiger partial charge in [0.25, 0.3) is 0 Å². The van der Waals surface area contributed by atoms with Crippen LogP contribution in [0.25, 0.3) is 0 Å². The average Bonchev–Trinajstić information content (AvgIpc) is 2.40. The van der Waals surface area contributed by atoms with Crippen molar-refractivity contribution in [1.82, 2.24) is 4.90 Å². The Morgan fingerprint density at radius 3 is 2.74 bits per heavy atom. The zero-order chi connectivity index (χ0) is 14.6. The number of anilines is 2. The number of hydrogen-bond donors (Lipinski definition) is 3. The lowest BCUT2D eigenvalue weighted by atomic mass is 10.2. The van der Waals surface area contributed by atoms with E-state index in [4.69, 9.17) is 10.8 Å². The number of benzene rings is 1. The van der Waals surface area contributed by atoms with E-state index in [2.05, 4.69) is 5.32 Å². The van der Waals surface area contributed by atoms with Gasteiger partial charge in [0.15, 0.2) is 0 Å². The quantitative estimate of drug-likeness (QED) is 0.698. The van der Waals surface area contributed by atoms with Crippen LogP contribution >= 0.6 is 0 Å². The number of carbonyl (C=O) groups is 1. The summed E-state index contributed by atoms with van der Waals surface area (Å²) in [5.74, 6) is -0.889. The lowest BCUT2D eigenvalue weighted by Crippen LogP contribution is -2.45. The Hall–Kier alpha value is -1.66. The van der Waals surface area contributed by atoms with E-state index in [9.17, 15) is 9.18 Å². The largest absolute Gasteiger partial charge is 0.399 e. The number of nitrogens with zero attached hydrogens (tertiary/aromatic N) is 1. The van der Waals surface area contributed by atoms with Gasteiger partial charge in [-0.05, 0) is 39.1 Å². The lowest BCUT2D eigenvalue weighted by molar-refractivity contribution is -0.121. The Labute approximate surface area is 112 Å². The summed E-state index contributed by atoms with van der Waals surface area (Å²) >= 11 is 0. The van der Waals surface area contributed by atoms with Crippen LogP contribution in [0.2, 0.25) is 0 Å². The second-order valence-corrected chi connectivity index (χ2v) is 4.60. The van der Waals surface area contributed by atoms with E-state index in [0.717, 1.165) is 0 Å². The summed E-state index contributed by atoms with van der Waals surface area (Å²) in [4.78, 5) is 13.7. The van der Waals surface area contributed by atoms with Crippen molar-refractivity contribution in [2.45, 2.75) is 25.9 Å². The number of nitrogen functional groups attached to an aromatic ring is 1. The summed E-state index contributed by atoms with van der Waals surface area (Å²) in [5.41, 5.74) is 5.98. The van der Waals surface area contributed by atoms with Gasteiger partial charge in [-0.2, -0.15) is 0 Å². The standard InChI is InChI=1S/C13H20FN3O2/c1-8(7-18)17(3)9(2)13(19)16-12-6-10(15)4-5-11(12)14/h4-6,8-9,18H,7,15H2,1-3H3,(H,16,19). The Balaban J connectivity index is 2.76. The SMILES string of the molecule is CC(CO)N(C)C(C)C(=O)Nc1cc(N)ccc1F. The molecule has 1 amide bonds. The first kappa shape index (κ1) is 15.4. The Morgan fingerprint density at radius 2 is 2.16 bits per heavy atom. The Kier molecular flexibility index (Phi) is 5.26. The summed E-state index contributed by atoms with van der Waals surface area (Å²) in [5, 5.41) is 11.5. The molecule has 106 valence electrons. The monoisotopic (exact) mass is 269 g/mol. The Morgan fingerprint density at radius 1 is 1.53 bits per heavy atom. The molecule has 0 radical (unpaired) electrons. The highest BCUT2D eigenvalue weighted by atomic mass is 19.1. The van der Waals surface area contributed by atoms with Gasteiger partial charge in [-0.1, -0.05) is 0 Å². The number of hydrogen-bond acceptors (Lipinski definition) is 4. The van der Waals surface area contributed by atoms with Gasteiger partial charge in [0.1, 0.15) is 5.82 Å². The van der Waals surface area contributed by atoms with Crippen LogP contribution in [0.15, 0.2) is 18.2 Å². The molecule has 1 aromatic rings. The molecule has 1 rings (SSSR count). The lowest BCUT2D eigenvalue weighted by Gasteiger charge is -2.28. The maximum Gasteiger partial charge on any atom is 0.241 e. The molecule has 0 saturated carbocycles. The van der Waals surface area contributed by atoms with Crippen molar-refractivity contribution in [2.75, 3.05) is 24.7 Å².